The molecule has 2 unspecified atom stereocenters. The van der Waals surface area contributed by atoms with Gasteiger partial charge in [-0.3, -0.25) is 4.79 Å². The Labute approximate surface area is 110 Å². The Morgan fingerprint density at radius 1 is 1.56 bits per heavy atom. The molecule has 0 aromatic rings. The molecule has 106 valence electrons. The number of nitrogens with zero attached hydrogens (tertiary/aromatic N) is 1. The van der Waals surface area contributed by atoms with E-state index in [9.17, 15) is 4.79 Å². The lowest BCUT2D eigenvalue weighted by atomic mass is 9.94. The van der Waals surface area contributed by atoms with Crippen LogP contribution in [0.4, 0.5) is 0 Å². The molecule has 0 radical (unpaired) electrons. The van der Waals surface area contributed by atoms with Crippen LogP contribution < -0.4 is 11.1 Å². The molecule has 1 saturated heterocycles. The maximum absolute atomic E-state index is 11.3. The Kier molecular flexibility index (Phi) is 6.05. The highest BCUT2D eigenvalue weighted by Gasteiger charge is 2.28. The standard InChI is InChI=1S/C13H27N3O2/c1-13(15-2,12(14)17)7-4-5-8-16-9-6-11(10-16)18-3/h11,15H,4-10H2,1-3H3,(H2,14,17). The second kappa shape index (κ2) is 7.07. The Morgan fingerprint density at radius 3 is 2.78 bits per heavy atom. The van der Waals surface area contributed by atoms with Crippen LogP contribution in [0.3, 0.4) is 0 Å². The molecule has 3 N–H and O–H groups in total. The summed E-state index contributed by atoms with van der Waals surface area (Å²) in [6.07, 6.45) is 4.43. The molecule has 1 fully saturated rings. The number of ether oxygens (including phenoxy) is 1. The molecule has 1 heterocycles. The van der Waals surface area contributed by atoms with Crippen molar-refractivity contribution < 1.29 is 9.53 Å². The summed E-state index contributed by atoms with van der Waals surface area (Å²) in [4.78, 5) is 13.7. The normalized spacial score (nSPS) is 24.1. The molecule has 0 aromatic carbocycles. The van der Waals surface area contributed by atoms with E-state index in [1.54, 1.807) is 14.2 Å². The summed E-state index contributed by atoms with van der Waals surface area (Å²) < 4.78 is 5.34. The molecule has 0 saturated carbocycles. The monoisotopic (exact) mass is 257 g/mol. The molecule has 5 nitrogen and oxygen atoms in total. The summed E-state index contributed by atoms with van der Waals surface area (Å²) in [6.45, 7) is 5.11. The second-order valence-corrected chi connectivity index (χ2v) is 5.35. The zero-order valence-electron chi connectivity index (χ0n) is 11.9. The molecule has 1 aliphatic rings. The number of likely N-dealkylation sites (N-methyl/N-ethyl adjacent to an activating group) is 1. The third-order valence-corrected chi connectivity index (χ3v) is 4.06. The fourth-order valence-corrected chi connectivity index (χ4v) is 2.38. The van der Waals surface area contributed by atoms with Crippen LogP contribution in [0, 0.1) is 0 Å². The number of carbonyl (C=O) groups is 1. The molecule has 0 spiro atoms. The van der Waals surface area contributed by atoms with Crippen LogP contribution in [-0.2, 0) is 9.53 Å². The fourth-order valence-electron chi connectivity index (χ4n) is 2.38. The third-order valence-electron chi connectivity index (χ3n) is 4.06. The van der Waals surface area contributed by atoms with Crippen LogP contribution in [0.2, 0.25) is 0 Å². The van der Waals surface area contributed by atoms with Gasteiger partial charge in [0.15, 0.2) is 0 Å². The number of likely N-dealkylation sites (tertiary alicyclic amines) is 1. The van der Waals surface area contributed by atoms with Crippen molar-refractivity contribution in [3.05, 3.63) is 0 Å². The van der Waals surface area contributed by atoms with Gasteiger partial charge in [-0.05, 0) is 46.2 Å². The van der Waals surface area contributed by atoms with E-state index in [1.807, 2.05) is 6.92 Å². The van der Waals surface area contributed by atoms with Gasteiger partial charge in [0.05, 0.1) is 11.6 Å². The predicted octanol–water partition coefficient (Wildman–Crippen LogP) is 0.341. The van der Waals surface area contributed by atoms with E-state index in [0.717, 1.165) is 45.3 Å². The Balaban J connectivity index is 2.17. The van der Waals surface area contributed by atoms with Gasteiger partial charge < -0.3 is 20.7 Å². The Hall–Kier alpha value is -0.650. The predicted molar refractivity (Wildman–Crippen MR) is 72.4 cm³/mol. The van der Waals surface area contributed by atoms with Gasteiger partial charge in [0.25, 0.3) is 0 Å². The minimum Gasteiger partial charge on any atom is -0.380 e. The lowest BCUT2D eigenvalue weighted by Crippen LogP contribution is -2.51. The highest BCUT2D eigenvalue weighted by molar-refractivity contribution is 5.84. The third kappa shape index (κ3) is 4.23. The van der Waals surface area contributed by atoms with Gasteiger partial charge in [0, 0.05) is 20.2 Å². The van der Waals surface area contributed by atoms with E-state index in [0.29, 0.717) is 6.10 Å². The van der Waals surface area contributed by atoms with Gasteiger partial charge >= 0.3 is 0 Å². The summed E-state index contributed by atoms with van der Waals surface area (Å²) in [5.74, 6) is -0.273. The number of hydrogen-bond donors (Lipinski definition) is 2. The van der Waals surface area contributed by atoms with Crippen molar-refractivity contribution in [3.8, 4) is 0 Å². The zero-order valence-corrected chi connectivity index (χ0v) is 11.9. The highest BCUT2D eigenvalue weighted by atomic mass is 16.5. The van der Waals surface area contributed by atoms with E-state index >= 15 is 0 Å². The lowest BCUT2D eigenvalue weighted by molar-refractivity contribution is -0.123. The number of carbonyl (C=O) groups excluding carboxylic acids is 1. The molecular formula is C13H27N3O2. The molecule has 5 heteroatoms. The van der Waals surface area contributed by atoms with E-state index in [-0.39, 0.29) is 5.91 Å². The van der Waals surface area contributed by atoms with E-state index in [4.69, 9.17) is 10.5 Å². The maximum atomic E-state index is 11.3. The van der Waals surface area contributed by atoms with Crippen molar-refractivity contribution >= 4 is 5.91 Å². The van der Waals surface area contributed by atoms with Crippen molar-refractivity contribution in [2.24, 2.45) is 5.73 Å². The zero-order chi connectivity index (χ0) is 13.6. The molecule has 1 rings (SSSR count). The van der Waals surface area contributed by atoms with Gasteiger partial charge in [-0.2, -0.15) is 0 Å². The minimum absolute atomic E-state index is 0.273. The van der Waals surface area contributed by atoms with Crippen LogP contribution in [0.25, 0.3) is 0 Å². The number of unbranched alkanes of at least 4 members (excludes halogenated alkanes) is 1. The van der Waals surface area contributed by atoms with E-state index < -0.39 is 5.54 Å². The second-order valence-electron chi connectivity index (χ2n) is 5.35. The minimum atomic E-state index is -0.569. The summed E-state index contributed by atoms with van der Waals surface area (Å²) in [5.41, 5.74) is 4.82. The number of nitrogens with one attached hydrogen (secondary N) is 1. The van der Waals surface area contributed by atoms with Gasteiger partial charge in [0.2, 0.25) is 5.91 Å². The topological polar surface area (TPSA) is 67.6 Å². The van der Waals surface area contributed by atoms with Gasteiger partial charge in [-0.15, -0.1) is 0 Å². The first-order valence-corrected chi connectivity index (χ1v) is 6.76. The smallest absolute Gasteiger partial charge is 0.237 e. The summed E-state index contributed by atoms with van der Waals surface area (Å²) in [5, 5.41) is 3.01. The van der Waals surface area contributed by atoms with Gasteiger partial charge in [-0.25, -0.2) is 0 Å². The number of methoxy groups -OCH3 is 1. The molecule has 18 heavy (non-hydrogen) atoms. The molecular weight excluding hydrogens is 230 g/mol. The van der Waals surface area contributed by atoms with Crippen molar-refractivity contribution in [3.63, 3.8) is 0 Å². The first-order chi connectivity index (χ1) is 8.51. The molecule has 0 aromatic heterocycles. The molecule has 0 aliphatic carbocycles. The van der Waals surface area contributed by atoms with Crippen molar-refractivity contribution in [1.29, 1.82) is 0 Å². The lowest BCUT2D eigenvalue weighted by Gasteiger charge is -2.25. The van der Waals surface area contributed by atoms with Gasteiger partial charge in [-0.1, -0.05) is 0 Å². The number of amides is 1. The van der Waals surface area contributed by atoms with Crippen LogP contribution in [0.15, 0.2) is 0 Å². The summed E-state index contributed by atoms with van der Waals surface area (Å²) in [7, 11) is 3.56. The van der Waals surface area contributed by atoms with Crippen LogP contribution in [0.5, 0.6) is 0 Å². The van der Waals surface area contributed by atoms with Crippen LogP contribution in [0.1, 0.15) is 32.6 Å². The van der Waals surface area contributed by atoms with E-state index in [1.165, 1.54) is 0 Å². The Morgan fingerprint density at radius 2 is 2.28 bits per heavy atom. The average molecular weight is 257 g/mol. The van der Waals surface area contributed by atoms with Gasteiger partial charge in [0.1, 0.15) is 0 Å². The maximum Gasteiger partial charge on any atom is 0.237 e. The number of nitrogens with two attached hydrogens (primary N) is 1. The first kappa shape index (κ1) is 15.4. The average Bonchev–Trinajstić information content (AvgIpc) is 2.82. The van der Waals surface area contributed by atoms with Crippen LogP contribution >= 0.6 is 0 Å². The largest absolute Gasteiger partial charge is 0.380 e. The highest BCUT2D eigenvalue weighted by Crippen LogP contribution is 2.16. The molecule has 1 aliphatic heterocycles. The summed E-state index contributed by atoms with van der Waals surface area (Å²) >= 11 is 0. The van der Waals surface area contributed by atoms with Crippen LogP contribution in [-0.4, -0.2) is 56.2 Å². The van der Waals surface area contributed by atoms with Crippen molar-refractivity contribution in [2.45, 2.75) is 44.2 Å². The fraction of sp³-hybridized carbons (Fsp3) is 0.923. The molecule has 0 bridgehead atoms. The quantitative estimate of drug-likeness (QED) is 0.615. The number of primary amides is 1. The van der Waals surface area contributed by atoms with Crippen molar-refractivity contribution in [2.75, 3.05) is 33.8 Å². The Bertz CT molecular complexity index is 273. The summed E-state index contributed by atoms with van der Waals surface area (Å²) in [6, 6.07) is 0. The number of rotatable bonds is 8. The first-order valence-electron chi connectivity index (χ1n) is 6.76. The van der Waals surface area contributed by atoms with Crippen molar-refractivity contribution in [1.82, 2.24) is 10.2 Å². The SMILES string of the molecule is CNC(C)(CCCCN1CCC(OC)C1)C(N)=O. The number of hydrogen-bond acceptors (Lipinski definition) is 4. The molecule has 1 amide bonds. The van der Waals surface area contributed by atoms with E-state index in [2.05, 4.69) is 10.2 Å². The molecule has 2 atom stereocenters.